The zero-order valence-corrected chi connectivity index (χ0v) is 15.8. The van der Waals surface area contributed by atoms with Crippen LogP contribution in [0, 0.1) is 5.82 Å². The van der Waals surface area contributed by atoms with Gasteiger partial charge in [-0.3, -0.25) is 0 Å². The van der Waals surface area contributed by atoms with Gasteiger partial charge in [0.05, 0.1) is 0 Å². The van der Waals surface area contributed by atoms with Crippen LogP contribution in [0.5, 0.6) is 0 Å². The molecule has 0 aromatic heterocycles. The fourth-order valence-corrected chi connectivity index (χ4v) is 4.02. The van der Waals surface area contributed by atoms with Crippen LogP contribution < -0.4 is 0 Å². The van der Waals surface area contributed by atoms with Crippen LogP contribution in [0.1, 0.15) is 0 Å². The molecular weight excluding hydrogens is 355 g/mol. The van der Waals surface area contributed by atoms with E-state index in [-0.39, 0.29) is 5.82 Å². The molecule has 0 radical (unpaired) electrons. The van der Waals surface area contributed by atoms with Gasteiger partial charge in [0, 0.05) is 0 Å². The Morgan fingerprint density at radius 3 is 1.55 bits per heavy atom. The average molecular weight is 374 g/mol. The van der Waals surface area contributed by atoms with E-state index < -0.39 is 0 Å². The highest BCUT2D eigenvalue weighted by Gasteiger charge is 2.18. The summed E-state index contributed by atoms with van der Waals surface area (Å²) in [6.07, 6.45) is 0. The largest absolute Gasteiger partial charge is 0.207 e. The van der Waals surface area contributed by atoms with Gasteiger partial charge < -0.3 is 0 Å². The molecule has 1 heteroatoms. The molecule has 29 heavy (non-hydrogen) atoms. The highest BCUT2D eigenvalue weighted by atomic mass is 19.1. The summed E-state index contributed by atoms with van der Waals surface area (Å²) >= 11 is 0. The van der Waals surface area contributed by atoms with E-state index >= 15 is 0 Å². The minimum atomic E-state index is -0.221. The van der Waals surface area contributed by atoms with E-state index in [1.54, 1.807) is 6.07 Å². The molecular formula is C28H19F. The van der Waals surface area contributed by atoms with Crippen LogP contribution in [-0.2, 0) is 0 Å². The van der Waals surface area contributed by atoms with Gasteiger partial charge in [-0.15, -0.1) is 0 Å². The van der Waals surface area contributed by atoms with Crippen molar-refractivity contribution in [3.63, 3.8) is 0 Å². The fourth-order valence-electron chi connectivity index (χ4n) is 4.02. The molecule has 0 aliphatic carbocycles. The van der Waals surface area contributed by atoms with E-state index in [1.165, 1.54) is 6.07 Å². The molecule has 0 amide bonds. The lowest BCUT2D eigenvalue weighted by Crippen LogP contribution is -1.93. The number of halogens is 1. The van der Waals surface area contributed by atoms with Gasteiger partial charge in [-0.1, -0.05) is 97.1 Å². The molecule has 5 aromatic carbocycles. The van der Waals surface area contributed by atoms with Gasteiger partial charge in [-0.05, 0) is 62.4 Å². The zero-order valence-electron chi connectivity index (χ0n) is 15.8. The van der Waals surface area contributed by atoms with E-state index in [9.17, 15) is 4.39 Å². The van der Waals surface area contributed by atoms with Crippen molar-refractivity contribution in [2.75, 3.05) is 0 Å². The Kier molecular flexibility index (Phi) is 4.42. The van der Waals surface area contributed by atoms with Crippen molar-refractivity contribution < 1.29 is 4.39 Å². The maximum absolute atomic E-state index is 14.3. The quantitative estimate of drug-likeness (QED) is 0.300. The van der Waals surface area contributed by atoms with Gasteiger partial charge in [0.25, 0.3) is 0 Å². The van der Waals surface area contributed by atoms with E-state index in [2.05, 4.69) is 66.7 Å². The molecule has 0 aliphatic rings. The predicted octanol–water partition coefficient (Wildman–Crippen LogP) is 7.98. The molecule has 0 saturated heterocycles. The summed E-state index contributed by atoms with van der Waals surface area (Å²) in [7, 11) is 0. The predicted molar refractivity (Wildman–Crippen MR) is 120 cm³/mol. The lowest BCUT2D eigenvalue weighted by Gasteiger charge is -2.19. The fraction of sp³-hybridized carbons (Fsp3) is 0. The van der Waals surface area contributed by atoms with Crippen LogP contribution in [0.4, 0.5) is 4.39 Å². The maximum atomic E-state index is 14.3. The highest BCUT2D eigenvalue weighted by Crippen LogP contribution is 2.44. The summed E-state index contributed by atoms with van der Waals surface area (Å²) in [5, 5.41) is 1.96. The summed E-state index contributed by atoms with van der Waals surface area (Å²) < 4.78 is 14.3. The van der Waals surface area contributed by atoms with Crippen LogP contribution in [0.2, 0.25) is 0 Å². The van der Waals surface area contributed by atoms with Gasteiger partial charge in [-0.2, -0.15) is 0 Å². The van der Waals surface area contributed by atoms with Crippen LogP contribution in [-0.4, -0.2) is 0 Å². The molecule has 0 nitrogen and oxygen atoms in total. The van der Waals surface area contributed by atoms with E-state index in [1.807, 2.05) is 36.4 Å². The molecule has 5 aromatic rings. The molecule has 0 N–H and O–H groups in total. The normalized spacial score (nSPS) is 10.9. The number of hydrogen-bond acceptors (Lipinski definition) is 0. The Balaban J connectivity index is 1.99. The molecule has 0 fully saturated rings. The molecule has 0 unspecified atom stereocenters. The Morgan fingerprint density at radius 2 is 0.966 bits per heavy atom. The van der Waals surface area contributed by atoms with Crippen molar-refractivity contribution in [3.8, 4) is 33.4 Å². The first-order valence-corrected chi connectivity index (χ1v) is 9.74. The van der Waals surface area contributed by atoms with Crippen molar-refractivity contribution in [3.05, 3.63) is 121 Å². The lowest BCUT2D eigenvalue weighted by molar-refractivity contribution is 0.630. The van der Waals surface area contributed by atoms with E-state index in [0.717, 1.165) is 44.2 Å². The van der Waals surface area contributed by atoms with E-state index in [4.69, 9.17) is 0 Å². The number of benzene rings is 5. The number of rotatable bonds is 3. The van der Waals surface area contributed by atoms with Crippen molar-refractivity contribution in [1.82, 2.24) is 0 Å². The van der Waals surface area contributed by atoms with Crippen LogP contribution >= 0.6 is 0 Å². The van der Waals surface area contributed by atoms with Crippen LogP contribution in [0.15, 0.2) is 115 Å². The first-order chi connectivity index (χ1) is 14.3. The topological polar surface area (TPSA) is 0 Å². The first-order valence-electron chi connectivity index (χ1n) is 9.74. The smallest absolute Gasteiger partial charge is 0.123 e. The van der Waals surface area contributed by atoms with Gasteiger partial charge in [0.2, 0.25) is 0 Å². The van der Waals surface area contributed by atoms with Gasteiger partial charge in [0.15, 0.2) is 0 Å². The summed E-state index contributed by atoms with van der Waals surface area (Å²) in [6.45, 7) is 0. The average Bonchev–Trinajstić information content (AvgIpc) is 2.79. The Morgan fingerprint density at radius 1 is 0.448 bits per heavy atom. The van der Waals surface area contributed by atoms with Crippen molar-refractivity contribution in [2.45, 2.75) is 0 Å². The molecule has 0 aliphatic heterocycles. The molecule has 0 saturated carbocycles. The first kappa shape index (κ1) is 17.4. The standard InChI is InChI=1S/C28H19F/c29-24-17-16-23-18-25(20-10-4-1-5-11-20)27(21-12-6-2-7-13-21)28(26(23)19-24)22-14-8-3-9-15-22/h1-19H. The van der Waals surface area contributed by atoms with Gasteiger partial charge >= 0.3 is 0 Å². The van der Waals surface area contributed by atoms with Crippen LogP contribution in [0.25, 0.3) is 44.2 Å². The van der Waals surface area contributed by atoms with Crippen molar-refractivity contribution in [2.24, 2.45) is 0 Å². The highest BCUT2D eigenvalue weighted by molar-refractivity contribution is 6.09. The minimum Gasteiger partial charge on any atom is -0.207 e. The minimum absolute atomic E-state index is 0.221. The third-order valence-corrected chi connectivity index (χ3v) is 5.31. The second kappa shape index (κ2) is 7.37. The second-order valence-electron chi connectivity index (χ2n) is 7.14. The number of hydrogen-bond donors (Lipinski definition) is 0. The monoisotopic (exact) mass is 374 g/mol. The molecule has 0 atom stereocenters. The molecule has 138 valence electrons. The lowest BCUT2D eigenvalue weighted by atomic mass is 9.84. The second-order valence-corrected chi connectivity index (χ2v) is 7.14. The molecule has 0 bridgehead atoms. The number of fused-ring (bicyclic) bond motifs is 1. The maximum Gasteiger partial charge on any atom is 0.123 e. The van der Waals surface area contributed by atoms with Crippen molar-refractivity contribution in [1.29, 1.82) is 0 Å². The molecule has 5 rings (SSSR count). The SMILES string of the molecule is Fc1ccc2cc(-c3ccccc3)c(-c3ccccc3)c(-c3ccccc3)c2c1. The van der Waals surface area contributed by atoms with Gasteiger partial charge in [0.1, 0.15) is 5.82 Å². The summed E-state index contributed by atoms with van der Waals surface area (Å²) in [5.41, 5.74) is 6.69. The Hall–Kier alpha value is -3.71. The Labute approximate surface area is 169 Å². The third kappa shape index (κ3) is 3.21. The molecule has 0 spiro atoms. The van der Waals surface area contributed by atoms with Crippen LogP contribution in [0.3, 0.4) is 0 Å². The Bertz CT molecular complexity index is 1270. The van der Waals surface area contributed by atoms with Crippen molar-refractivity contribution >= 4 is 10.8 Å². The molecule has 0 heterocycles. The summed E-state index contributed by atoms with van der Waals surface area (Å²) in [4.78, 5) is 0. The summed E-state index contributed by atoms with van der Waals surface area (Å²) in [5.74, 6) is -0.221. The van der Waals surface area contributed by atoms with E-state index in [0.29, 0.717) is 0 Å². The summed E-state index contributed by atoms with van der Waals surface area (Å²) in [6, 6.07) is 38.3. The zero-order chi connectivity index (χ0) is 19.6. The van der Waals surface area contributed by atoms with Gasteiger partial charge in [-0.25, -0.2) is 4.39 Å². The third-order valence-electron chi connectivity index (χ3n) is 5.31.